The van der Waals surface area contributed by atoms with Crippen molar-refractivity contribution in [3.05, 3.63) is 105 Å². The van der Waals surface area contributed by atoms with Crippen LogP contribution < -0.4 is 0 Å². The molecule has 0 bridgehead atoms. The van der Waals surface area contributed by atoms with Gasteiger partial charge < -0.3 is 0 Å². The van der Waals surface area contributed by atoms with Gasteiger partial charge in [-0.1, -0.05) is 87.0 Å². The molecule has 3 aromatic rings. The second-order valence-electron chi connectivity index (χ2n) is 7.62. The standard InChI is InChI=1S/C27H32/c1-5-21-10-8-12-23(16-21)18-25-14-20(4)15-26(27(25)7-3)19-24-13-9-11-22(6-2)17-24/h8-17H,5-7,18-19H2,1-4H3. The molecule has 0 aliphatic carbocycles. The van der Waals surface area contributed by atoms with Gasteiger partial charge >= 0.3 is 0 Å². The number of hydrogen-bond donors (Lipinski definition) is 0. The van der Waals surface area contributed by atoms with Gasteiger partial charge in [0.05, 0.1) is 0 Å². The van der Waals surface area contributed by atoms with E-state index in [1.54, 1.807) is 0 Å². The van der Waals surface area contributed by atoms with Gasteiger partial charge in [-0.05, 0) is 78.0 Å². The zero-order valence-electron chi connectivity index (χ0n) is 17.3. The Bertz CT molecular complexity index is 831. The fourth-order valence-electron chi connectivity index (χ4n) is 4.10. The Morgan fingerprint density at radius 1 is 0.556 bits per heavy atom. The van der Waals surface area contributed by atoms with E-state index < -0.39 is 0 Å². The second-order valence-corrected chi connectivity index (χ2v) is 7.62. The molecular formula is C27H32. The summed E-state index contributed by atoms with van der Waals surface area (Å²) in [7, 11) is 0. The molecule has 0 radical (unpaired) electrons. The number of aryl methyl sites for hydroxylation is 3. The van der Waals surface area contributed by atoms with E-state index in [0.29, 0.717) is 0 Å². The minimum atomic E-state index is 1.03. The molecule has 3 rings (SSSR count). The van der Waals surface area contributed by atoms with Gasteiger partial charge in [0, 0.05) is 0 Å². The quantitative estimate of drug-likeness (QED) is 0.433. The largest absolute Gasteiger partial charge is 0.0617 e. The van der Waals surface area contributed by atoms with Crippen molar-refractivity contribution in [2.75, 3.05) is 0 Å². The zero-order chi connectivity index (χ0) is 19.2. The molecule has 0 spiro atoms. The van der Waals surface area contributed by atoms with E-state index in [1.165, 1.54) is 44.5 Å². The third-order valence-corrected chi connectivity index (χ3v) is 5.52. The Hall–Kier alpha value is -2.34. The highest BCUT2D eigenvalue weighted by molar-refractivity contribution is 5.44. The highest BCUT2D eigenvalue weighted by Gasteiger charge is 2.11. The van der Waals surface area contributed by atoms with Crippen LogP contribution in [0.3, 0.4) is 0 Å². The normalized spacial score (nSPS) is 11.0. The first-order chi connectivity index (χ1) is 13.1. The topological polar surface area (TPSA) is 0 Å². The SMILES string of the molecule is CCc1cccc(Cc2cc(C)cc(Cc3cccc(CC)c3)c2CC)c1. The average Bonchev–Trinajstić information content (AvgIpc) is 2.68. The van der Waals surface area contributed by atoms with Gasteiger partial charge in [0.15, 0.2) is 0 Å². The minimum Gasteiger partial charge on any atom is -0.0617 e. The molecule has 140 valence electrons. The molecule has 0 nitrogen and oxygen atoms in total. The fraction of sp³-hybridized carbons (Fsp3) is 0.333. The van der Waals surface area contributed by atoms with Crippen molar-refractivity contribution in [2.24, 2.45) is 0 Å². The van der Waals surface area contributed by atoms with Crippen molar-refractivity contribution in [1.29, 1.82) is 0 Å². The summed E-state index contributed by atoms with van der Waals surface area (Å²) in [4.78, 5) is 0. The lowest BCUT2D eigenvalue weighted by Crippen LogP contribution is -2.03. The molecule has 0 N–H and O–H groups in total. The zero-order valence-corrected chi connectivity index (χ0v) is 17.3. The molecule has 0 amide bonds. The molecule has 0 heteroatoms. The summed E-state index contributed by atoms with van der Waals surface area (Å²) in [5.41, 5.74) is 11.6. The van der Waals surface area contributed by atoms with Crippen LogP contribution in [0.2, 0.25) is 0 Å². The van der Waals surface area contributed by atoms with Gasteiger partial charge in [-0.25, -0.2) is 0 Å². The van der Waals surface area contributed by atoms with Crippen LogP contribution >= 0.6 is 0 Å². The molecule has 0 saturated carbocycles. The average molecular weight is 357 g/mol. The van der Waals surface area contributed by atoms with E-state index in [4.69, 9.17) is 0 Å². The molecule has 0 aliphatic heterocycles. The van der Waals surface area contributed by atoms with Crippen LogP contribution in [0.4, 0.5) is 0 Å². The molecular weight excluding hydrogens is 324 g/mol. The third kappa shape index (κ3) is 4.89. The fourth-order valence-corrected chi connectivity index (χ4v) is 4.10. The summed E-state index contributed by atoms with van der Waals surface area (Å²) in [6, 6.07) is 22.9. The molecule has 0 saturated heterocycles. The first-order valence-electron chi connectivity index (χ1n) is 10.4. The summed E-state index contributed by atoms with van der Waals surface area (Å²) >= 11 is 0. The predicted molar refractivity (Wildman–Crippen MR) is 118 cm³/mol. The highest BCUT2D eigenvalue weighted by Crippen LogP contribution is 2.25. The first-order valence-corrected chi connectivity index (χ1v) is 10.4. The van der Waals surface area contributed by atoms with Gasteiger partial charge in [-0.2, -0.15) is 0 Å². The maximum Gasteiger partial charge on any atom is -0.00227 e. The Morgan fingerprint density at radius 2 is 1.00 bits per heavy atom. The third-order valence-electron chi connectivity index (χ3n) is 5.52. The van der Waals surface area contributed by atoms with Crippen LogP contribution in [0.25, 0.3) is 0 Å². The van der Waals surface area contributed by atoms with E-state index in [9.17, 15) is 0 Å². The summed E-state index contributed by atoms with van der Waals surface area (Å²) in [6.45, 7) is 8.98. The van der Waals surface area contributed by atoms with Crippen LogP contribution in [-0.4, -0.2) is 0 Å². The van der Waals surface area contributed by atoms with Crippen LogP contribution in [0.5, 0.6) is 0 Å². The lowest BCUT2D eigenvalue weighted by molar-refractivity contribution is 0.996. The Morgan fingerprint density at radius 3 is 1.41 bits per heavy atom. The van der Waals surface area contributed by atoms with Gasteiger partial charge in [0.2, 0.25) is 0 Å². The summed E-state index contributed by atoms with van der Waals surface area (Å²) in [5.74, 6) is 0. The Labute approximate surface area is 165 Å². The smallest absolute Gasteiger partial charge is 0.00227 e. The predicted octanol–water partition coefficient (Wildman–Crippen LogP) is 6.86. The van der Waals surface area contributed by atoms with E-state index in [2.05, 4.69) is 88.4 Å². The van der Waals surface area contributed by atoms with Crippen molar-refractivity contribution < 1.29 is 0 Å². The monoisotopic (exact) mass is 356 g/mol. The van der Waals surface area contributed by atoms with Crippen molar-refractivity contribution in [3.8, 4) is 0 Å². The second kappa shape index (κ2) is 9.04. The van der Waals surface area contributed by atoms with E-state index in [0.717, 1.165) is 32.1 Å². The number of rotatable bonds is 7. The highest BCUT2D eigenvalue weighted by atomic mass is 14.2. The van der Waals surface area contributed by atoms with E-state index in [1.807, 2.05) is 0 Å². The van der Waals surface area contributed by atoms with E-state index in [-0.39, 0.29) is 0 Å². The van der Waals surface area contributed by atoms with Gasteiger partial charge in [0.25, 0.3) is 0 Å². The first kappa shape index (κ1) is 19.4. The van der Waals surface area contributed by atoms with Crippen molar-refractivity contribution in [3.63, 3.8) is 0 Å². The Balaban J connectivity index is 1.95. The van der Waals surface area contributed by atoms with Crippen LogP contribution in [-0.2, 0) is 32.1 Å². The lowest BCUT2D eigenvalue weighted by atomic mass is 9.89. The number of hydrogen-bond acceptors (Lipinski definition) is 0. The molecule has 0 heterocycles. The van der Waals surface area contributed by atoms with E-state index >= 15 is 0 Å². The van der Waals surface area contributed by atoms with Crippen LogP contribution in [0, 0.1) is 6.92 Å². The lowest BCUT2D eigenvalue weighted by Gasteiger charge is -2.16. The number of benzene rings is 3. The van der Waals surface area contributed by atoms with Crippen LogP contribution in [0.1, 0.15) is 65.3 Å². The molecule has 0 fully saturated rings. The minimum absolute atomic E-state index is 1.03. The maximum absolute atomic E-state index is 2.39. The van der Waals surface area contributed by atoms with Gasteiger partial charge in [-0.15, -0.1) is 0 Å². The molecule has 0 unspecified atom stereocenters. The maximum atomic E-state index is 2.39. The summed E-state index contributed by atoms with van der Waals surface area (Å²) in [6.07, 6.45) is 5.34. The molecule has 0 atom stereocenters. The molecule has 3 aromatic carbocycles. The summed E-state index contributed by atoms with van der Waals surface area (Å²) < 4.78 is 0. The van der Waals surface area contributed by atoms with Crippen LogP contribution in [0.15, 0.2) is 60.7 Å². The molecule has 27 heavy (non-hydrogen) atoms. The summed E-state index contributed by atoms with van der Waals surface area (Å²) in [5, 5.41) is 0. The van der Waals surface area contributed by atoms with Crippen molar-refractivity contribution >= 4 is 0 Å². The van der Waals surface area contributed by atoms with Crippen molar-refractivity contribution in [2.45, 2.75) is 59.8 Å². The molecule has 0 aromatic heterocycles. The van der Waals surface area contributed by atoms with Gasteiger partial charge in [-0.3, -0.25) is 0 Å². The van der Waals surface area contributed by atoms with Gasteiger partial charge in [0.1, 0.15) is 0 Å². The van der Waals surface area contributed by atoms with Crippen molar-refractivity contribution in [1.82, 2.24) is 0 Å². The molecule has 0 aliphatic rings. The Kier molecular flexibility index (Phi) is 6.50.